The molecule has 3 N–H and O–H groups in total. The van der Waals surface area contributed by atoms with Gasteiger partial charge in [-0.1, -0.05) is 20.8 Å². The Morgan fingerprint density at radius 1 is 1.04 bits per heavy atom. The van der Waals surface area contributed by atoms with E-state index >= 15 is 0 Å². The Bertz CT molecular complexity index is 375. The molecule has 0 radical (unpaired) electrons. The lowest BCUT2D eigenvalue weighted by Crippen LogP contribution is -2.42. The van der Waals surface area contributed by atoms with Gasteiger partial charge in [0.15, 0.2) is 5.96 Å². The highest BCUT2D eigenvalue weighted by Crippen LogP contribution is 2.00. The number of carbonyl (C=O) groups excluding carboxylic acids is 1. The molecule has 0 saturated carbocycles. The predicted molar refractivity (Wildman–Crippen MR) is 124 cm³/mol. The fraction of sp³-hybridized carbons (Fsp3) is 0.895. The van der Waals surface area contributed by atoms with Crippen LogP contribution in [-0.4, -0.2) is 61.6 Å². The van der Waals surface area contributed by atoms with Crippen LogP contribution in [0.25, 0.3) is 0 Å². The van der Waals surface area contributed by atoms with Crippen LogP contribution in [0.2, 0.25) is 0 Å². The molecule has 0 saturated heterocycles. The van der Waals surface area contributed by atoms with Gasteiger partial charge in [-0.05, 0) is 59.7 Å². The number of carbonyl (C=O) groups is 1. The first-order valence-corrected chi connectivity index (χ1v) is 10.0. The number of rotatable bonds is 13. The maximum Gasteiger partial charge on any atom is 0.222 e. The summed E-state index contributed by atoms with van der Waals surface area (Å²) in [6.45, 7) is 17.4. The molecule has 0 fully saturated rings. The quantitative estimate of drug-likeness (QED) is 0.214. The molecule has 7 heteroatoms. The molecule has 0 aromatic carbocycles. The van der Waals surface area contributed by atoms with Crippen molar-refractivity contribution >= 4 is 35.8 Å². The van der Waals surface area contributed by atoms with Crippen LogP contribution in [0.15, 0.2) is 4.99 Å². The zero-order chi connectivity index (χ0) is 19.1. The van der Waals surface area contributed by atoms with E-state index in [4.69, 9.17) is 0 Å². The first-order chi connectivity index (χ1) is 12.0. The number of nitrogens with one attached hydrogen (secondary N) is 3. The van der Waals surface area contributed by atoms with Crippen molar-refractivity contribution in [3.8, 4) is 0 Å². The van der Waals surface area contributed by atoms with Gasteiger partial charge in [-0.3, -0.25) is 9.79 Å². The third-order valence-electron chi connectivity index (χ3n) is 4.36. The minimum absolute atomic E-state index is 0. The van der Waals surface area contributed by atoms with Gasteiger partial charge in [0.05, 0.1) is 6.54 Å². The highest BCUT2D eigenvalue weighted by Gasteiger charge is 2.08. The maximum absolute atomic E-state index is 11.8. The van der Waals surface area contributed by atoms with Crippen molar-refractivity contribution in [3.63, 3.8) is 0 Å². The number of amides is 1. The first kappa shape index (κ1) is 27.6. The molecule has 0 rings (SSSR count). The molecule has 0 bridgehead atoms. The van der Waals surface area contributed by atoms with Gasteiger partial charge in [-0.2, -0.15) is 0 Å². The van der Waals surface area contributed by atoms with E-state index in [2.05, 4.69) is 60.5 Å². The minimum atomic E-state index is 0. The van der Waals surface area contributed by atoms with Gasteiger partial charge in [0.25, 0.3) is 0 Å². The summed E-state index contributed by atoms with van der Waals surface area (Å²) < 4.78 is 0. The molecule has 6 nitrogen and oxygen atoms in total. The second-order valence-electron chi connectivity index (χ2n) is 6.60. The molecule has 156 valence electrons. The third-order valence-corrected chi connectivity index (χ3v) is 4.36. The molecule has 2 unspecified atom stereocenters. The zero-order valence-corrected chi connectivity index (χ0v) is 20.1. The zero-order valence-electron chi connectivity index (χ0n) is 17.7. The highest BCUT2D eigenvalue weighted by molar-refractivity contribution is 14.0. The lowest BCUT2D eigenvalue weighted by molar-refractivity contribution is -0.121. The smallest absolute Gasteiger partial charge is 0.222 e. The maximum atomic E-state index is 11.8. The SMILES string of the molecule is CCNC(=NCCC(=O)NC(C)CC)NC(C)CCCN(CC)CC.I. The van der Waals surface area contributed by atoms with Gasteiger partial charge < -0.3 is 20.9 Å². The lowest BCUT2D eigenvalue weighted by atomic mass is 10.2. The van der Waals surface area contributed by atoms with Crippen molar-refractivity contribution in [2.75, 3.05) is 32.7 Å². The van der Waals surface area contributed by atoms with Crippen molar-refractivity contribution in [1.29, 1.82) is 0 Å². The number of nitrogens with zero attached hydrogens (tertiary/aromatic N) is 2. The van der Waals surface area contributed by atoms with Crippen molar-refractivity contribution in [1.82, 2.24) is 20.9 Å². The summed E-state index contributed by atoms with van der Waals surface area (Å²) in [6.07, 6.45) is 3.66. The fourth-order valence-corrected chi connectivity index (χ4v) is 2.50. The van der Waals surface area contributed by atoms with Crippen LogP contribution < -0.4 is 16.0 Å². The number of aliphatic imine (C=N–C) groups is 1. The van der Waals surface area contributed by atoms with E-state index in [1.165, 1.54) is 6.42 Å². The number of halogens is 1. The Hall–Kier alpha value is -0.570. The van der Waals surface area contributed by atoms with Crippen LogP contribution in [0.3, 0.4) is 0 Å². The first-order valence-electron chi connectivity index (χ1n) is 10.0. The lowest BCUT2D eigenvalue weighted by Gasteiger charge is -2.21. The van der Waals surface area contributed by atoms with Crippen LogP contribution in [-0.2, 0) is 4.79 Å². The van der Waals surface area contributed by atoms with Crippen molar-refractivity contribution < 1.29 is 4.79 Å². The van der Waals surface area contributed by atoms with Crippen molar-refractivity contribution in [2.45, 2.75) is 79.3 Å². The Morgan fingerprint density at radius 3 is 2.23 bits per heavy atom. The normalized spacial score (nSPS) is 13.7. The van der Waals surface area contributed by atoms with Crippen LogP contribution in [0.1, 0.15) is 67.2 Å². The van der Waals surface area contributed by atoms with Crippen molar-refractivity contribution in [3.05, 3.63) is 0 Å². The Balaban J connectivity index is 0. The third kappa shape index (κ3) is 14.6. The largest absolute Gasteiger partial charge is 0.357 e. The Kier molecular flexibility index (Phi) is 19.0. The van der Waals surface area contributed by atoms with Gasteiger partial charge in [0.1, 0.15) is 0 Å². The summed E-state index contributed by atoms with van der Waals surface area (Å²) in [5.74, 6) is 0.871. The van der Waals surface area contributed by atoms with Crippen molar-refractivity contribution in [2.24, 2.45) is 4.99 Å². The van der Waals surface area contributed by atoms with Gasteiger partial charge in [-0.25, -0.2) is 0 Å². The average molecular weight is 483 g/mol. The predicted octanol–water partition coefficient (Wildman–Crippen LogP) is 2.97. The summed E-state index contributed by atoms with van der Waals surface area (Å²) in [7, 11) is 0. The second-order valence-corrected chi connectivity index (χ2v) is 6.60. The van der Waals surface area contributed by atoms with E-state index in [1.54, 1.807) is 0 Å². The summed E-state index contributed by atoms with van der Waals surface area (Å²) in [6, 6.07) is 0.593. The van der Waals surface area contributed by atoms with Gasteiger partial charge in [-0.15, -0.1) is 24.0 Å². The molecular formula is C19H42IN5O. The molecular weight excluding hydrogens is 441 g/mol. The van der Waals surface area contributed by atoms with Gasteiger partial charge in [0, 0.05) is 25.0 Å². The van der Waals surface area contributed by atoms with Gasteiger partial charge >= 0.3 is 0 Å². The summed E-state index contributed by atoms with van der Waals surface area (Å²) >= 11 is 0. The minimum Gasteiger partial charge on any atom is -0.357 e. The number of hydrogen-bond acceptors (Lipinski definition) is 3. The Morgan fingerprint density at radius 2 is 1.69 bits per heavy atom. The molecule has 0 aliphatic carbocycles. The molecule has 0 aromatic rings. The summed E-state index contributed by atoms with van der Waals surface area (Å²) in [4.78, 5) is 18.8. The monoisotopic (exact) mass is 483 g/mol. The molecule has 0 spiro atoms. The number of guanidine groups is 1. The Labute approximate surface area is 178 Å². The van der Waals surface area contributed by atoms with Crippen LogP contribution in [0.5, 0.6) is 0 Å². The van der Waals surface area contributed by atoms with Gasteiger partial charge in [0.2, 0.25) is 5.91 Å². The van der Waals surface area contributed by atoms with Crippen LogP contribution in [0, 0.1) is 0 Å². The van der Waals surface area contributed by atoms with E-state index in [0.717, 1.165) is 45.0 Å². The highest BCUT2D eigenvalue weighted by atomic mass is 127. The topological polar surface area (TPSA) is 68.8 Å². The fourth-order valence-electron chi connectivity index (χ4n) is 2.50. The van der Waals surface area contributed by atoms with Crippen LogP contribution in [0.4, 0.5) is 0 Å². The summed E-state index contributed by atoms with van der Waals surface area (Å²) in [5.41, 5.74) is 0. The van der Waals surface area contributed by atoms with E-state index in [9.17, 15) is 4.79 Å². The molecule has 2 atom stereocenters. The molecule has 0 aromatic heterocycles. The van der Waals surface area contributed by atoms with E-state index in [1.807, 2.05) is 6.92 Å². The van der Waals surface area contributed by atoms with Crippen LogP contribution >= 0.6 is 24.0 Å². The molecule has 26 heavy (non-hydrogen) atoms. The molecule has 0 aliphatic heterocycles. The molecule has 0 heterocycles. The number of hydrogen-bond donors (Lipinski definition) is 3. The average Bonchev–Trinajstić information content (AvgIpc) is 2.58. The van der Waals surface area contributed by atoms with E-state index in [0.29, 0.717) is 19.0 Å². The summed E-state index contributed by atoms with van der Waals surface area (Å²) in [5, 5.41) is 9.67. The van der Waals surface area contributed by atoms with E-state index in [-0.39, 0.29) is 35.9 Å². The molecule has 1 amide bonds. The standard InChI is InChI=1S/C19H41N5O.HI/c1-7-16(5)22-18(25)13-14-21-19(20-8-2)23-17(6)12-11-15-24(9-3)10-4;/h16-17H,7-15H2,1-6H3,(H,22,25)(H2,20,21,23);1H. The van der Waals surface area contributed by atoms with E-state index < -0.39 is 0 Å². The second kappa shape index (κ2) is 17.8. The molecule has 0 aliphatic rings.